The molecule has 3 aromatic carbocycles. The van der Waals surface area contributed by atoms with E-state index in [2.05, 4.69) is 65.8 Å². The van der Waals surface area contributed by atoms with E-state index in [0.717, 1.165) is 21.5 Å². The van der Waals surface area contributed by atoms with Crippen molar-refractivity contribution < 1.29 is 0 Å². The third kappa shape index (κ3) is 2.86. The quantitative estimate of drug-likeness (QED) is 0.418. The molecule has 24 heavy (non-hydrogen) atoms. The first kappa shape index (κ1) is 14.8. The summed E-state index contributed by atoms with van der Waals surface area (Å²) < 4.78 is 0. The topological polar surface area (TPSA) is 15.8 Å². The second kappa shape index (κ2) is 6.38. The normalized spacial score (nSPS) is 11.8. The molecule has 0 spiro atoms. The predicted molar refractivity (Wildman–Crippen MR) is 103 cm³/mol. The van der Waals surface area contributed by atoms with Gasteiger partial charge in [-0.05, 0) is 41.0 Å². The number of rotatable bonds is 3. The fourth-order valence-corrected chi connectivity index (χ4v) is 3.14. The van der Waals surface area contributed by atoms with Crippen LogP contribution in [0.15, 0.2) is 85.1 Å². The zero-order valence-electron chi connectivity index (χ0n) is 13.0. The van der Waals surface area contributed by atoms with Gasteiger partial charge in [-0.1, -0.05) is 72.3 Å². The maximum absolute atomic E-state index is 6.23. The minimum Gasteiger partial charge on any atom is -0.361 e. The van der Waals surface area contributed by atoms with E-state index in [0.29, 0.717) is 0 Å². The molecule has 1 nitrogen and oxygen atoms in total. The molecule has 0 radical (unpaired) electrons. The Labute approximate surface area is 146 Å². The lowest BCUT2D eigenvalue weighted by atomic mass is 9.95. The van der Waals surface area contributed by atoms with Crippen LogP contribution in [-0.2, 0) is 0 Å². The summed E-state index contributed by atoms with van der Waals surface area (Å²) in [6.07, 6.45) is 4.28. The van der Waals surface area contributed by atoms with Gasteiger partial charge in [0.15, 0.2) is 0 Å². The first-order valence-electron chi connectivity index (χ1n) is 7.90. The lowest BCUT2D eigenvalue weighted by Gasteiger charge is -2.08. The highest BCUT2D eigenvalue weighted by Gasteiger charge is 2.11. The summed E-state index contributed by atoms with van der Waals surface area (Å²) in [7, 11) is 0. The van der Waals surface area contributed by atoms with E-state index >= 15 is 0 Å². The van der Waals surface area contributed by atoms with Crippen molar-refractivity contribution in [1.29, 1.82) is 0 Å². The van der Waals surface area contributed by atoms with Gasteiger partial charge < -0.3 is 4.98 Å². The number of nitrogens with one attached hydrogen (secondary N) is 1. The molecule has 0 bridgehead atoms. The molecule has 2 heteroatoms. The monoisotopic (exact) mass is 329 g/mol. The molecule has 4 rings (SSSR count). The van der Waals surface area contributed by atoms with Crippen LogP contribution in [-0.4, -0.2) is 4.98 Å². The Hall–Kier alpha value is -2.77. The molecule has 0 aliphatic carbocycles. The van der Waals surface area contributed by atoms with Gasteiger partial charge in [-0.2, -0.15) is 0 Å². The summed E-state index contributed by atoms with van der Waals surface area (Å²) >= 11 is 6.23. The van der Waals surface area contributed by atoms with Crippen LogP contribution in [0.4, 0.5) is 0 Å². The maximum atomic E-state index is 6.23. The average molecular weight is 330 g/mol. The van der Waals surface area contributed by atoms with Crippen LogP contribution in [0.3, 0.4) is 0 Å². The fourth-order valence-electron chi connectivity index (χ4n) is 2.97. The molecule has 0 atom stereocenters. The van der Waals surface area contributed by atoms with E-state index in [1.54, 1.807) is 0 Å². The number of H-pyrrole nitrogens is 1. The second-order valence-corrected chi connectivity index (χ2v) is 6.16. The summed E-state index contributed by atoms with van der Waals surface area (Å²) in [6, 6.07) is 26.8. The summed E-state index contributed by atoms with van der Waals surface area (Å²) in [6.45, 7) is 0. The third-order valence-corrected chi connectivity index (χ3v) is 4.36. The number of benzene rings is 3. The van der Waals surface area contributed by atoms with Crippen molar-refractivity contribution in [3.05, 3.63) is 107 Å². The van der Waals surface area contributed by atoms with Gasteiger partial charge in [0.25, 0.3) is 0 Å². The molecule has 1 heterocycles. The molecule has 0 fully saturated rings. The molecule has 0 unspecified atom stereocenters. The van der Waals surface area contributed by atoms with Crippen LogP contribution in [0, 0.1) is 0 Å². The van der Waals surface area contributed by atoms with Crippen molar-refractivity contribution in [3.8, 4) is 0 Å². The van der Waals surface area contributed by atoms with Gasteiger partial charge in [-0.15, -0.1) is 0 Å². The minimum absolute atomic E-state index is 0.746. The van der Waals surface area contributed by atoms with E-state index in [4.69, 9.17) is 11.6 Å². The number of halogens is 1. The molecule has 116 valence electrons. The fraction of sp³-hybridized carbons (Fsp3) is 0. The van der Waals surface area contributed by atoms with Crippen LogP contribution in [0.2, 0.25) is 5.02 Å². The number of hydrogen-bond donors (Lipinski definition) is 1. The Bertz CT molecular complexity index is 998. The van der Waals surface area contributed by atoms with E-state index in [9.17, 15) is 0 Å². The molecule has 0 aliphatic heterocycles. The lowest BCUT2D eigenvalue weighted by molar-refractivity contribution is 1.46. The Kier molecular flexibility index (Phi) is 3.94. The first-order chi connectivity index (χ1) is 11.8. The molecule has 1 aromatic heterocycles. The van der Waals surface area contributed by atoms with Crippen molar-refractivity contribution >= 4 is 34.2 Å². The Balaban J connectivity index is 1.96. The molecule has 0 aliphatic rings. The third-order valence-electron chi connectivity index (χ3n) is 4.13. The van der Waals surface area contributed by atoms with Crippen molar-refractivity contribution in [2.75, 3.05) is 0 Å². The largest absolute Gasteiger partial charge is 0.361 e. The Morgan fingerprint density at radius 1 is 0.833 bits per heavy atom. The molecule has 1 N–H and O–H groups in total. The van der Waals surface area contributed by atoms with Crippen LogP contribution in [0.25, 0.3) is 22.6 Å². The average Bonchev–Trinajstić information content (AvgIpc) is 3.04. The van der Waals surface area contributed by atoms with Crippen molar-refractivity contribution in [3.63, 3.8) is 0 Å². The standard InChI is InChI=1S/C22H16ClN/c23-18-11-12-22-20(14-18)21(15-24-22)19(17-9-5-2-6-10-17)13-16-7-3-1-4-8-16/h1-15,24H. The maximum Gasteiger partial charge on any atom is 0.0461 e. The molecular formula is C22H16ClN. The highest BCUT2D eigenvalue weighted by atomic mass is 35.5. The predicted octanol–water partition coefficient (Wildman–Crippen LogP) is 6.41. The molecule has 0 saturated carbocycles. The van der Waals surface area contributed by atoms with Gasteiger partial charge in [0.1, 0.15) is 0 Å². The van der Waals surface area contributed by atoms with Gasteiger partial charge in [0.2, 0.25) is 0 Å². The summed E-state index contributed by atoms with van der Waals surface area (Å²) in [4.78, 5) is 3.35. The van der Waals surface area contributed by atoms with Crippen LogP contribution in [0.1, 0.15) is 16.7 Å². The van der Waals surface area contributed by atoms with Crippen LogP contribution < -0.4 is 0 Å². The second-order valence-electron chi connectivity index (χ2n) is 5.73. The zero-order chi connectivity index (χ0) is 16.4. The van der Waals surface area contributed by atoms with Gasteiger partial charge >= 0.3 is 0 Å². The highest BCUT2D eigenvalue weighted by Crippen LogP contribution is 2.33. The van der Waals surface area contributed by atoms with E-state index in [-0.39, 0.29) is 0 Å². The smallest absolute Gasteiger partial charge is 0.0461 e. The lowest BCUT2D eigenvalue weighted by Crippen LogP contribution is -1.87. The van der Waals surface area contributed by atoms with Crippen LogP contribution in [0.5, 0.6) is 0 Å². The Morgan fingerprint density at radius 2 is 1.54 bits per heavy atom. The number of fused-ring (bicyclic) bond motifs is 1. The van der Waals surface area contributed by atoms with Crippen molar-refractivity contribution in [1.82, 2.24) is 4.98 Å². The molecule has 0 amide bonds. The molecule has 0 saturated heterocycles. The van der Waals surface area contributed by atoms with E-state index < -0.39 is 0 Å². The summed E-state index contributed by atoms with van der Waals surface area (Å²) in [5.41, 5.74) is 5.78. The van der Waals surface area contributed by atoms with Crippen LogP contribution >= 0.6 is 11.6 Å². The van der Waals surface area contributed by atoms with E-state index in [1.165, 1.54) is 16.7 Å². The van der Waals surface area contributed by atoms with Gasteiger partial charge in [-0.3, -0.25) is 0 Å². The van der Waals surface area contributed by atoms with Crippen molar-refractivity contribution in [2.45, 2.75) is 0 Å². The highest BCUT2D eigenvalue weighted by molar-refractivity contribution is 6.31. The Morgan fingerprint density at radius 3 is 2.29 bits per heavy atom. The minimum atomic E-state index is 0.746. The molecule has 4 aromatic rings. The number of aromatic nitrogens is 1. The van der Waals surface area contributed by atoms with Crippen molar-refractivity contribution in [2.24, 2.45) is 0 Å². The first-order valence-corrected chi connectivity index (χ1v) is 8.28. The van der Waals surface area contributed by atoms with Gasteiger partial charge in [0.05, 0.1) is 0 Å². The van der Waals surface area contributed by atoms with E-state index in [1.807, 2.05) is 30.3 Å². The zero-order valence-corrected chi connectivity index (χ0v) is 13.8. The summed E-state index contributed by atoms with van der Waals surface area (Å²) in [5.74, 6) is 0. The summed E-state index contributed by atoms with van der Waals surface area (Å²) in [5, 5.41) is 1.88. The van der Waals surface area contributed by atoms with Gasteiger partial charge in [0, 0.05) is 27.7 Å². The van der Waals surface area contributed by atoms with Gasteiger partial charge in [-0.25, -0.2) is 0 Å². The number of hydrogen-bond acceptors (Lipinski definition) is 0. The number of aromatic amines is 1. The molecular weight excluding hydrogens is 314 g/mol. The SMILES string of the molecule is Clc1ccc2[nH]cc(C(=Cc3ccccc3)c3ccccc3)c2c1.